The second kappa shape index (κ2) is 13.6. The van der Waals surface area contributed by atoms with Gasteiger partial charge < -0.3 is 25.3 Å². The number of anilines is 3. The van der Waals surface area contributed by atoms with Gasteiger partial charge in [-0.2, -0.15) is 0 Å². The van der Waals surface area contributed by atoms with Crippen LogP contribution in [0.4, 0.5) is 25.8 Å². The molecule has 48 heavy (non-hydrogen) atoms. The number of carbonyl (C=O) groups excluding carboxylic acids is 3. The predicted octanol–water partition coefficient (Wildman–Crippen LogP) is 3.42. The van der Waals surface area contributed by atoms with E-state index in [0.717, 1.165) is 81.3 Å². The third-order valence-corrected chi connectivity index (χ3v) is 11.3. The smallest absolute Gasteiger partial charge is 0.263 e. The van der Waals surface area contributed by atoms with Gasteiger partial charge in [0.15, 0.2) is 0 Å². The van der Waals surface area contributed by atoms with Crippen LogP contribution >= 0.6 is 0 Å². The molecule has 2 aromatic rings. The number of rotatable bonds is 8. The molecule has 1 unspecified atom stereocenters. The molecule has 0 aromatic heterocycles. The second-order valence-electron chi connectivity index (χ2n) is 14.4. The van der Waals surface area contributed by atoms with E-state index in [1.54, 1.807) is 4.90 Å². The number of halogens is 2. The Kier molecular flexibility index (Phi) is 9.30. The lowest BCUT2D eigenvalue weighted by Crippen LogP contribution is -2.53. The highest BCUT2D eigenvalue weighted by Crippen LogP contribution is 2.36. The van der Waals surface area contributed by atoms with Crippen molar-refractivity contribution in [1.29, 1.82) is 0 Å². The minimum Gasteiger partial charge on any atom is -0.399 e. The van der Waals surface area contributed by atoms with Gasteiger partial charge >= 0.3 is 0 Å². The molecule has 5 aliphatic heterocycles. The molecule has 0 radical (unpaired) electrons. The van der Waals surface area contributed by atoms with E-state index in [9.17, 15) is 14.4 Å². The Morgan fingerprint density at radius 2 is 1.44 bits per heavy atom. The van der Waals surface area contributed by atoms with Gasteiger partial charge in [0.2, 0.25) is 11.8 Å². The van der Waals surface area contributed by atoms with Gasteiger partial charge in [-0.25, -0.2) is 8.78 Å². The maximum Gasteiger partial charge on any atom is 0.263 e. The van der Waals surface area contributed by atoms with Crippen molar-refractivity contribution < 1.29 is 23.2 Å². The molecular formula is C36H47F2N7O3. The number of piperidine rings is 3. The highest BCUT2D eigenvalue weighted by Gasteiger charge is 2.43. The quantitative estimate of drug-likeness (QED) is 0.327. The van der Waals surface area contributed by atoms with E-state index in [1.165, 1.54) is 0 Å². The zero-order valence-corrected chi connectivity index (χ0v) is 27.6. The van der Waals surface area contributed by atoms with E-state index in [0.29, 0.717) is 50.4 Å². The van der Waals surface area contributed by atoms with E-state index in [-0.39, 0.29) is 24.8 Å². The Morgan fingerprint density at radius 1 is 0.771 bits per heavy atom. The molecule has 5 heterocycles. The van der Waals surface area contributed by atoms with Gasteiger partial charge in [0.1, 0.15) is 6.04 Å². The molecule has 2 aromatic carbocycles. The Balaban J connectivity index is 0.839. The third kappa shape index (κ3) is 7.01. The first-order chi connectivity index (χ1) is 23.1. The number of carbonyl (C=O) groups is 3. The molecule has 0 aliphatic carbocycles. The molecule has 3 amide bonds. The summed E-state index contributed by atoms with van der Waals surface area (Å²) in [6.45, 7) is 7.15. The van der Waals surface area contributed by atoms with Crippen molar-refractivity contribution in [2.75, 3.05) is 81.0 Å². The Morgan fingerprint density at radius 3 is 2.12 bits per heavy atom. The van der Waals surface area contributed by atoms with E-state index >= 15 is 8.78 Å². The number of piperazine rings is 1. The second-order valence-corrected chi connectivity index (χ2v) is 14.4. The molecule has 258 valence electrons. The minimum atomic E-state index is -2.68. The van der Waals surface area contributed by atoms with Crippen LogP contribution in [-0.4, -0.2) is 110 Å². The molecule has 5 aliphatic rings. The van der Waals surface area contributed by atoms with Crippen LogP contribution in [0.2, 0.25) is 0 Å². The van der Waals surface area contributed by atoms with Crippen LogP contribution in [0.3, 0.4) is 0 Å². The number of hydrogen-bond acceptors (Lipinski definition) is 8. The van der Waals surface area contributed by atoms with Crippen molar-refractivity contribution in [2.24, 2.45) is 11.8 Å². The number of likely N-dealkylation sites (tertiary alicyclic amines) is 1. The summed E-state index contributed by atoms with van der Waals surface area (Å²) in [4.78, 5) is 47.7. The van der Waals surface area contributed by atoms with Crippen molar-refractivity contribution >= 4 is 34.8 Å². The van der Waals surface area contributed by atoms with Gasteiger partial charge in [-0.3, -0.25) is 24.6 Å². The number of fused-ring (bicyclic) bond motifs is 1. The highest BCUT2D eigenvalue weighted by molar-refractivity contribution is 6.05. The summed E-state index contributed by atoms with van der Waals surface area (Å²) in [6.07, 6.45) is 3.71. The molecule has 0 bridgehead atoms. The maximum absolute atomic E-state index is 15.5. The standard InChI is InChI=1S/C36H47F2N7O3/c37-36(38,24-42-17-19-44(20-18-42)29-5-2-28(39)3-6-29)27-11-13-41(14-12-27)22-25-9-15-43(16-10-25)30-4-1-26-23-45(35(48)31(26)21-30)32-7-8-33(46)40-34(32)47/h1-6,21,25,27,32H,7-20,22-24,39H2,(H,40,46,47). The summed E-state index contributed by atoms with van der Waals surface area (Å²) in [5.41, 5.74) is 10.2. The van der Waals surface area contributed by atoms with Crippen LogP contribution in [-0.2, 0) is 16.1 Å². The van der Waals surface area contributed by atoms with E-state index in [4.69, 9.17) is 5.73 Å². The van der Waals surface area contributed by atoms with E-state index in [1.807, 2.05) is 41.3 Å². The third-order valence-electron chi connectivity index (χ3n) is 11.3. The summed E-state index contributed by atoms with van der Waals surface area (Å²) in [5, 5.41) is 2.36. The molecule has 0 saturated carbocycles. The largest absolute Gasteiger partial charge is 0.399 e. The molecule has 7 rings (SSSR count). The first kappa shape index (κ1) is 32.8. The summed E-state index contributed by atoms with van der Waals surface area (Å²) in [7, 11) is 0. The van der Waals surface area contributed by atoms with Gasteiger partial charge in [-0.05, 0) is 93.1 Å². The van der Waals surface area contributed by atoms with Crippen LogP contribution in [0.1, 0.15) is 54.4 Å². The zero-order chi connectivity index (χ0) is 33.4. The average Bonchev–Trinajstić information content (AvgIpc) is 3.41. The van der Waals surface area contributed by atoms with Crippen LogP contribution in [0.5, 0.6) is 0 Å². The number of alkyl halides is 2. The summed E-state index contributed by atoms with van der Waals surface area (Å²) < 4.78 is 30.9. The van der Waals surface area contributed by atoms with Gasteiger partial charge in [-0.1, -0.05) is 6.07 Å². The monoisotopic (exact) mass is 663 g/mol. The Bertz CT molecular complexity index is 1500. The number of nitrogens with two attached hydrogens (primary N) is 1. The van der Waals surface area contributed by atoms with Crippen molar-refractivity contribution in [2.45, 2.75) is 57.0 Å². The fourth-order valence-corrected chi connectivity index (χ4v) is 8.29. The van der Waals surface area contributed by atoms with Crippen LogP contribution < -0.4 is 20.9 Å². The van der Waals surface area contributed by atoms with Crippen molar-refractivity contribution in [3.63, 3.8) is 0 Å². The minimum absolute atomic E-state index is 0.151. The topological polar surface area (TPSA) is 105 Å². The fourth-order valence-electron chi connectivity index (χ4n) is 8.29. The molecule has 3 N–H and O–H groups in total. The molecule has 4 fully saturated rings. The average molecular weight is 664 g/mol. The normalized spacial score (nSPS) is 23.9. The van der Waals surface area contributed by atoms with Crippen molar-refractivity contribution in [3.05, 3.63) is 53.6 Å². The van der Waals surface area contributed by atoms with Gasteiger partial charge in [0.25, 0.3) is 11.8 Å². The molecule has 1 atom stereocenters. The first-order valence-corrected chi connectivity index (χ1v) is 17.6. The van der Waals surface area contributed by atoms with Gasteiger partial charge in [-0.15, -0.1) is 0 Å². The van der Waals surface area contributed by atoms with E-state index in [2.05, 4.69) is 26.1 Å². The summed E-state index contributed by atoms with van der Waals surface area (Å²) in [6, 6.07) is 13.1. The predicted molar refractivity (Wildman–Crippen MR) is 181 cm³/mol. The summed E-state index contributed by atoms with van der Waals surface area (Å²) >= 11 is 0. The lowest BCUT2D eigenvalue weighted by Gasteiger charge is -2.42. The molecule has 0 spiro atoms. The number of benzene rings is 2. The first-order valence-electron chi connectivity index (χ1n) is 17.6. The molecule has 12 heteroatoms. The summed E-state index contributed by atoms with van der Waals surface area (Å²) in [5.74, 6) is -3.56. The van der Waals surface area contributed by atoms with Gasteiger partial charge in [0, 0.05) is 87.3 Å². The van der Waals surface area contributed by atoms with Crippen LogP contribution in [0.15, 0.2) is 42.5 Å². The van der Waals surface area contributed by atoms with Crippen LogP contribution in [0.25, 0.3) is 0 Å². The SMILES string of the molecule is Nc1ccc(N2CCN(CC(F)(F)C3CCN(CC4CCN(c5ccc6c(c5)C(=O)N(C5CCC(=O)NC5=O)C6)CC4)CC3)CC2)cc1. The number of nitrogens with one attached hydrogen (secondary N) is 1. The zero-order valence-electron chi connectivity index (χ0n) is 27.6. The lowest BCUT2D eigenvalue weighted by atomic mass is 9.88. The Hall–Kier alpha value is -3.77. The molecule has 4 saturated heterocycles. The lowest BCUT2D eigenvalue weighted by molar-refractivity contribution is -0.136. The number of imide groups is 1. The molecule has 10 nitrogen and oxygen atoms in total. The number of nitrogen functional groups attached to an aromatic ring is 1. The van der Waals surface area contributed by atoms with E-state index < -0.39 is 23.8 Å². The fraction of sp³-hybridized carbons (Fsp3) is 0.583. The number of hydrogen-bond donors (Lipinski definition) is 2. The number of amides is 3. The van der Waals surface area contributed by atoms with Crippen molar-refractivity contribution in [1.82, 2.24) is 20.0 Å². The van der Waals surface area contributed by atoms with Gasteiger partial charge in [0.05, 0.1) is 6.54 Å². The van der Waals surface area contributed by atoms with Crippen LogP contribution in [0, 0.1) is 11.8 Å². The van der Waals surface area contributed by atoms with Crippen molar-refractivity contribution in [3.8, 4) is 0 Å². The highest BCUT2D eigenvalue weighted by atomic mass is 19.3. The number of nitrogens with zero attached hydrogens (tertiary/aromatic N) is 5. The molecular weight excluding hydrogens is 616 g/mol. The Labute approximate surface area is 281 Å². The maximum atomic E-state index is 15.5.